The van der Waals surface area contributed by atoms with Gasteiger partial charge >= 0.3 is 6.03 Å². The van der Waals surface area contributed by atoms with Gasteiger partial charge in [-0.2, -0.15) is 0 Å². The first kappa shape index (κ1) is 18.4. The molecule has 0 spiro atoms. The lowest BCUT2D eigenvalue weighted by molar-refractivity contribution is -0.384. The summed E-state index contributed by atoms with van der Waals surface area (Å²) < 4.78 is 5.34. The summed E-state index contributed by atoms with van der Waals surface area (Å²) in [5.41, 5.74) is 1.78. The molecule has 1 atom stereocenters. The number of carbonyl (C=O) groups excluding carboxylic acids is 2. The van der Waals surface area contributed by atoms with Crippen LogP contribution in [-0.2, 0) is 9.53 Å². The number of amides is 3. The highest BCUT2D eigenvalue weighted by Gasteiger charge is 2.43. The van der Waals surface area contributed by atoms with Gasteiger partial charge in [-0.1, -0.05) is 0 Å². The van der Waals surface area contributed by atoms with Crippen LogP contribution in [0.25, 0.3) is 0 Å². The number of nitro groups is 1. The maximum atomic E-state index is 13.3. The van der Waals surface area contributed by atoms with Gasteiger partial charge in [-0.15, -0.1) is 0 Å². The quantitative estimate of drug-likeness (QED) is 0.629. The number of benzene rings is 1. The van der Waals surface area contributed by atoms with E-state index in [4.69, 9.17) is 4.74 Å². The van der Waals surface area contributed by atoms with Crippen molar-refractivity contribution in [2.75, 3.05) is 26.3 Å². The molecule has 1 unspecified atom stereocenters. The van der Waals surface area contributed by atoms with Crippen molar-refractivity contribution in [3.05, 3.63) is 51.2 Å². The number of urea groups is 1. The number of hydrogen-bond acceptors (Lipinski definition) is 5. The first-order valence-corrected chi connectivity index (χ1v) is 9.39. The normalized spacial score (nSPS) is 22.9. The minimum Gasteiger partial charge on any atom is -0.378 e. The molecule has 9 nitrogen and oxygen atoms in total. The lowest BCUT2D eigenvalue weighted by Crippen LogP contribution is -2.51. The summed E-state index contributed by atoms with van der Waals surface area (Å²) in [7, 11) is 0. The molecule has 1 saturated carbocycles. The molecule has 1 aromatic carbocycles. The van der Waals surface area contributed by atoms with Crippen molar-refractivity contribution in [3.63, 3.8) is 0 Å². The van der Waals surface area contributed by atoms with E-state index in [2.05, 4.69) is 5.32 Å². The number of nitro benzene ring substituents is 1. The highest BCUT2D eigenvalue weighted by atomic mass is 16.6. The summed E-state index contributed by atoms with van der Waals surface area (Å²) in [5.74, 6) is -0.130. The van der Waals surface area contributed by atoms with Crippen molar-refractivity contribution in [3.8, 4) is 0 Å². The van der Waals surface area contributed by atoms with Crippen LogP contribution in [0.15, 0.2) is 35.5 Å². The fourth-order valence-electron chi connectivity index (χ4n) is 3.78. The van der Waals surface area contributed by atoms with E-state index in [-0.39, 0.29) is 23.7 Å². The zero-order valence-corrected chi connectivity index (χ0v) is 15.6. The first-order valence-electron chi connectivity index (χ1n) is 9.39. The van der Waals surface area contributed by atoms with Gasteiger partial charge in [0.2, 0.25) is 0 Å². The third kappa shape index (κ3) is 3.33. The molecule has 1 aliphatic carbocycles. The van der Waals surface area contributed by atoms with E-state index in [1.807, 2.05) is 6.92 Å². The summed E-state index contributed by atoms with van der Waals surface area (Å²) in [5, 5.41) is 13.9. The highest BCUT2D eigenvalue weighted by Crippen LogP contribution is 2.38. The van der Waals surface area contributed by atoms with Gasteiger partial charge in [0.15, 0.2) is 0 Å². The molecule has 148 valence electrons. The van der Waals surface area contributed by atoms with Crippen LogP contribution in [0.5, 0.6) is 0 Å². The van der Waals surface area contributed by atoms with E-state index in [9.17, 15) is 19.7 Å². The lowest BCUT2D eigenvalue weighted by Gasteiger charge is -2.38. The molecule has 4 rings (SSSR count). The average molecular weight is 386 g/mol. The number of nitrogens with one attached hydrogen (secondary N) is 1. The minimum atomic E-state index is -0.640. The summed E-state index contributed by atoms with van der Waals surface area (Å²) in [6, 6.07) is 5.22. The van der Waals surface area contributed by atoms with E-state index < -0.39 is 11.0 Å². The van der Waals surface area contributed by atoms with Gasteiger partial charge in [0.05, 0.1) is 29.8 Å². The van der Waals surface area contributed by atoms with E-state index in [0.717, 1.165) is 12.8 Å². The van der Waals surface area contributed by atoms with Crippen molar-refractivity contribution in [1.29, 1.82) is 0 Å². The Labute approximate surface area is 162 Å². The molecule has 2 fully saturated rings. The predicted octanol–water partition coefficient (Wildman–Crippen LogP) is 1.96. The molecule has 28 heavy (non-hydrogen) atoms. The Morgan fingerprint density at radius 1 is 1.21 bits per heavy atom. The molecule has 3 aliphatic rings. The van der Waals surface area contributed by atoms with Gasteiger partial charge in [0, 0.05) is 37.0 Å². The molecule has 3 amide bonds. The van der Waals surface area contributed by atoms with Crippen molar-refractivity contribution in [1.82, 2.24) is 15.1 Å². The average Bonchev–Trinajstić information content (AvgIpc) is 3.53. The van der Waals surface area contributed by atoms with Crippen LogP contribution < -0.4 is 5.32 Å². The van der Waals surface area contributed by atoms with Crippen LogP contribution >= 0.6 is 0 Å². The maximum Gasteiger partial charge on any atom is 0.322 e. The van der Waals surface area contributed by atoms with E-state index in [1.165, 1.54) is 12.1 Å². The number of non-ortho nitro benzene ring substituents is 1. The Bertz CT molecular complexity index is 840. The Kier molecular flexibility index (Phi) is 4.76. The van der Waals surface area contributed by atoms with E-state index in [1.54, 1.807) is 21.9 Å². The predicted molar refractivity (Wildman–Crippen MR) is 99.3 cm³/mol. The van der Waals surface area contributed by atoms with Gasteiger partial charge in [0.25, 0.3) is 11.6 Å². The Morgan fingerprint density at radius 3 is 2.43 bits per heavy atom. The standard InChI is InChI=1S/C19H22N4O5/c1-12-16(18(24)21-8-10-28-11-9-21)17(20-19(25)22(12)14-6-7-14)13-2-4-15(5-3-13)23(26)27/h2-5,14,17H,6-11H2,1H3,(H,20,25). The third-order valence-electron chi connectivity index (χ3n) is 5.40. The molecule has 1 aromatic rings. The summed E-state index contributed by atoms with van der Waals surface area (Å²) in [6.45, 7) is 3.78. The van der Waals surface area contributed by atoms with Gasteiger partial charge < -0.3 is 15.0 Å². The number of ether oxygens (including phenoxy) is 1. The van der Waals surface area contributed by atoms with Crippen LogP contribution in [-0.4, -0.2) is 59.0 Å². The monoisotopic (exact) mass is 386 g/mol. The van der Waals surface area contributed by atoms with Crippen LogP contribution in [0.1, 0.15) is 31.4 Å². The van der Waals surface area contributed by atoms with Gasteiger partial charge in [-0.3, -0.25) is 19.8 Å². The second-order valence-corrected chi connectivity index (χ2v) is 7.24. The second kappa shape index (κ2) is 7.23. The molecule has 0 bridgehead atoms. The molecule has 0 aromatic heterocycles. The molecule has 1 saturated heterocycles. The van der Waals surface area contributed by atoms with E-state index in [0.29, 0.717) is 43.1 Å². The summed E-state index contributed by atoms with van der Waals surface area (Å²) in [4.78, 5) is 39.9. The fraction of sp³-hybridized carbons (Fsp3) is 0.474. The van der Waals surface area contributed by atoms with E-state index >= 15 is 0 Å². The van der Waals surface area contributed by atoms with Gasteiger partial charge in [0.1, 0.15) is 0 Å². The molecule has 9 heteroatoms. The minimum absolute atomic E-state index is 0.0350. The Balaban J connectivity index is 1.73. The van der Waals surface area contributed by atoms with Crippen molar-refractivity contribution in [2.45, 2.75) is 31.8 Å². The van der Waals surface area contributed by atoms with Crippen LogP contribution in [0.3, 0.4) is 0 Å². The molecule has 2 heterocycles. The van der Waals surface area contributed by atoms with Crippen LogP contribution in [0.2, 0.25) is 0 Å². The molecule has 1 N–H and O–H groups in total. The number of carbonyl (C=O) groups is 2. The fourth-order valence-corrected chi connectivity index (χ4v) is 3.78. The summed E-state index contributed by atoms with van der Waals surface area (Å²) >= 11 is 0. The Morgan fingerprint density at radius 2 is 1.86 bits per heavy atom. The second-order valence-electron chi connectivity index (χ2n) is 7.24. The smallest absolute Gasteiger partial charge is 0.322 e. The molecule has 0 radical (unpaired) electrons. The number of hydrogen-bond donors (Lipinski definition) is 1. The largest absolute Gasteiger partial charge is 0.378 e. The molecular formula is C19H22N4O5. The SMILES string of the molecule is CC1=C(C(=O)N2CCOCC2)C(c2ccc([N+](=O)[O-])cc2)NC(=O)N1C1CC1. The van der Waals surface area contributed by atoms with Gasteiger partial charge in [-0.25, -0.2) is 4.79 Å². The Hall–Kier alpha value is -2.94. The molecular weight excluding hydrogens is 364 g/mol. The topological polar surface area (TPSA) is 105 Å². The summed E-state index contributed by atoms with van der Waals surface area (Å²) in [6.07, 6.45) is 1.85. The van der Waals surface area contributed by atoms with Crippen LogP contribution in [0.4, 0.5) is 10.5 Å². The third-order valence-corrected chi connectivity index (χ3v) is 5.40. The number of nitrogens with zero attached hydrogens (tertiary/aromatic N) is 3. The zero-order valence-electron chi connectivity index (χ0n) is 15.6. The number of morpholine rings is 1. The van der Waals surface area contributed by atoms with Crippen molar-refractivity contribution >= 4 is 17.6 Å². The first-order chi connectivity index (χ1) is 13.5. The number of rotatable bonds is 4. The lowest BCUT2D eigenvalue weighted by atomic mass is 9.93. The maximum absolute atomic E-state index is 13.3. The molecule has 2 aliphatic heterocycles. The highest BCUT2D eigenvalue weighted by molar-refractivity contribution is 5.98. The number of allylic oxidation sites excluding steroid dienone is 1. The zero-order chi connectivity index (χ0) is 19.8. The van der Waals surface area contributed by atoms with Crippen molar-refractivity contribution in [2.24, 2.45) is 0 Å². The van der Waals surface area contributed by atoms with Gasteiger partial charge in [-0.05, 0) is 37.5 Å². The van der Waals surface area contributed by atoms with Crippen molar-refractivity contribution < 1.29 is 19.2 Å². The van der Waals surface area contributed by atoms with Crippen LogP contribution in [0, 0.1) is 10.1 Å².